The Bertz CT molecular complexity index is 429. The van der Waals surface area contributed by atoms with Crippen molar-refractivity contribution in [3.63, 3.8) is 0 Å². The molecular weight excluding hydrogens is 242 g/mol. The zero-order valence-electron chi connectivity index (χ0n) is 12.2. The van der Waals surface area contributed by atoms with Crippen LogP contribution >= 0.6 is 0 Å². The fraction of sp³-hybridized carbons (Fsp3) is 0.714. The van der Waals surface area contributed by atoms with Crippen LogP contribution in [0.15, 0.2) is 6.07 Å². The predicted octanol–water partition coefficient (Wildman–Crippen LogP) is 2.47. The van der Waals surface area contributed by atoms with Crippen molar-refractivity contribution in [1.29, 1.82) is 0 Å². The fourth-order valence-electron chi connectivity index (χ4n) is 2.06. The highest BCUT2D eigenvalue weighted by atomic mass is 16.7. The van der Waals surface area contributed by atoms with Gasteiger partial charge in [-0.3, -0.25) is 0 Å². The van der Waals surface area contributed by atoms with E-state index in [-0.39, 0.29) is 0 Å². The molecule has 1 fully saturated rings. The van der Waals surface area contributed by atoms with E-state index in [1.165, 1.54) is 0 Å². The topological polar surface area (TPSA) is 56.3 Å². The third kappa shape index (κ3) is 3.88. The van der Waals surface area contributed by atoms with E-state index >= 15 is 0 Å². The quantitative estimate of drug-likeness (QED) is 0.886. The molecule has 0 unspecified atom stereocenters. The Labute approximate surface area is 114 Å². The Morgan fingerprint density at radius 3 is 2.63 bits per heavy atom. The van der Waals surface area contributed by atoms with Crippen LogP contribution in [0.5, 0.6) is 0 Å². The summed E-state index contributed by atoms with van der Waals surface area (Å²) >= 11 is 0. The normalized spacial score (nSPS) is 17.9. The van der Waals surface area contributed by atoms with Gasteiger partial charge in [-0.25, -0.2) is 9.97 Å². The highest BCUT2D eigenvalue weighted by Crippen LogP contribution is 2.22. The largest absolute Gasteiger partial charge is 0.370 e. The van der Waals surface area contributed by atoms with E-state index in [1.54, 1.807) is 0 Å². The highest BCUT2D eigenvalue weighted by molar-refractivity contribution is 5.36. The van der Waals surface area contributed by atoms with Gasteiger partial charge in [0, 0.05) is 30.6 Å². The van der Waals surface area contributed by atoms with Crippen molar-refractivity contribution >= 4 is 5.82 Å². The summed E-state index contributed by atoms with van der Waals surface area (Å²) in [4.78, 5) is 8.95. The number of aryl methyl sites for hydroxylation is 1. The third-order valence-electron chi connectivity index (χ3n) is 3.17. The molecule has 1 N–H and O–H groups in total. The Morgan fingerprint density at radius 1 is 1.32 bits per heavy atom. The maximum Gasteiger partial charge on any atom is 0.167 e. The molecule has 2 heterocycles. The van der Waals surface area contributed by atoms with Crippen molar-refractivity contribution in [3.8, 4) is 0 Å². The molecule has 0 atom stereocenters. The lowest BCUT2D eigenvalue weighted by Crippen LogP contribution is -2.28. The van der Waals surface area contributed by atoms with E-state index in [9.17, 15) is 0 Å². The number of nitrogens with zero attached hydrogens (tertiary/aromatic N) is 2. The second kappa shape index (κ2) is 5.84. The van der Waals surface area contributed by atoms with Gasteiger partial charge < -0.3 is 14.8 Å². The Kier molecular flexibility index (Phi) is 4.37. The van der Waals surface area contributed by atoms with Gasteiger partial charge in [-0.15, -0.1) is 0 Å². The first-order chi connectivity index (χ1) is 8.98. The van der Waals surface area contributed by atoms with Crippen molar-refractivity contribution in [2.75, 3.05) is 25.1 Å². The van der Waals surface area contributed by atoms with E-state index < -0.39 is 5.79 Å². The van der Waals surface area contributed by atoms with Crippen LogP contribution in [0.4, 0.5) is 5.82 Å². The smallest absolute Gasteiger partial charge is 0.167 e. The van der Waals surface area contributed by atoms with Gasteiger partial charge >= 0.3 is 0 Å². The first-order valence-electron chi connectivity index (χ1n) is 6.86. The summed E-state index contributed by atoms with van der Waals surface area (Å²) in [6, 6.07) is 1.96. The lowest BCUT2D eigenvalue weighted by atomic mass is 10.2. The number of anilines is 1. The van der Waals surface area contributed by atoms with Crippen molar-refractivity contribution in [2.45, 2.75) is 45.8 Å². The molecule has 0 amide bonds. The second-order valence-electron chi connectivity index (χ2n) is 5.41. The monoisotopic (exact) mass is 265 g/mol. The minimum Gasteiger partial charge on any atom is -0.370 e. The number of rotatable bonds is 5. The minimum atomic E-state index is -0.448. The van der Waals surface area contributed by atoms with Crippen LogP contribution < -0.4 is 5.32 Å². The fourth-order valence-corrected chi connectivity index (χ4v) is 2.06. The standard InChI is InChI=1S/C14H23N3O2/c1-10(2)13-16-11(3)9-12(17-13)15-6-5-14(4)18-7-8-19-14/h9-10H,5-8H2,1-4H3,(H,15,16,17). The van der Waals surface area contributed by atoms with Crippen LogP contribution in [0, 0.1) is 6.92 Å². The summed E-state index contributed by atoms with van der Waals surface area (Å²) in [6.45, 7) is 10.3. The zero-order valence-corrected chi connectivity index (χ0v) is 12.2. The maximum atomic E-state index is 5.57. The molecule has 2 rings (SSSR count). The molecule has 5 heteroatoms. The summed E-state index contributed by atoms with van der Waals surface area (Å²) in [5, 5.41) is 3.32. The molecular formula is C14H23N3O2. The van der Waals surface area contributed by atoms with E-state index in [0.717, 1.165) is 30.3 Å². The number of ether oxygens (including phenoxy) is 2. The van der Waals surface area contributed by atoms with E-state index in [4.69, 9.17) is 9.47 Å². The Morgan fingerprint density at radius 2 is 2.00 bits per heavy atom. The van der Waals surface area contributed by atoms with Gasteiger partial charge in [0.1, 0.15) is 11.6 Å². The number of hydrogen-bond donors (Lipinski definition) is 1. The van der Waals surface area contributed by atoms with Crippen LogP contribution in [0.2, 0.25) is 0 Å². The van der Waals surface area contributed by atoms with E-state index in [2.05, 4.69) is 29.1 Å². The van der Waals surface area contributed by atoms with E-state index in [0.29, 0.717) is 19.1 Å². The van der Waals surface area contributed by atoms with Crippen LogP contribution in [0.1, 0.15) is 44.6 Å². The zero-order chi connectivity index (χ0) is 13.9. The lowest BCUT2D eigenvalue weighted by molar-refractivity contribution is -0.144. The first-order valence-corrected chi connectivity index (χ1v) is 6.86. The first kappa shape index (κ1) is 14.2. The number of hydrogen-bond acceptors (Lipinski definition) is 5. The number of nitrogens with one attached hydrogen (secondary N) is 1. The summed E-state index contributed by atoms with van der Waals surface area (Å²) in [5.74, 6) is 1.63. The molecule has 0 aromatic carbocycles. The predicted molar refractivity (Wildman–Crippen MR) is 74.3 cm³/mol. The lowest BCUT2D eigenvalue weighted by Gasteiger charge is -2.22. The molecule has 1 aliphatic heterocycles. The van der Waals surface area contributed by atoms with Crippen LogP contribution in [-0.2, 0) is 9.47 Å². The van der Waals surface area contributed by atoms with Crippen LogP contribution in [-0.4, -0.2) is 35.5 Å². The van der Waals surface area contributed by atoms with Gasteiger partial charge in [0.25, 0.3) is 0 Å². The third-order valence-corrected chi connectivity index (χ3v) is 3.17. The highest BCUT2D eigenvalue weighted by Gasteiger charge is 2.30. The molecule has 5 nitrogen and oxygen atoms in total. The molecule has 19 heavy (non-hydrogen) atoms. The SMILES string of the molecule is Cc1cc(NCCC2(C)OCCO2)nc(C(C)C)n1. The van der Waals surface area contributed by atoms with Crippen LogP contribution in [0.25, 0.3) is 0 Å². The molecule has 0 aliphatic carbocycles. The average molecular weight is 265 g/mol. The molecule has 1 saturated heterocycles. The molecule has 1 aromatic rings. The average Bonchev–Trinajstić information content (AvgIpc) is 2.75. The van der Waals surface area contributed by atoms with Gasteiger partial charge in [-0.1, -0.05) is 13.8 Å². The van der Waals surface area contributed by atoms with Crippen LogP contribution in [0.3, 0.4) is 0 Å². The van der Waals surface area contributed by atoms with Gasteiger partial charge in [0.2, 0.25) is 0 Å². The second-order valence-corrected chi connectivity index (χ2v) is 5.41. The Balaban J connectivity index is 1.92. The molecule has 0 saturated carbocycles. The Hall–Kier alpha value is -1.20. The molecule has 1 aliphatic rings. The van der Waals surface area contributed by atoms with E-state index in [1.807, 2.05) is 19.9 Å². The molecule has 106 valence electrons. The molecule has 1 aromatic heterocycles. The summed E-state index contributed by atoms with van der Waals surface area (Å²) in [7, 11) is 0. The molecule has 0 bridgehead atoms. The van der Waals surface area contributed by atoms with Gasteiger partial charge in [-0.2, -0.15) is 0 Å². The van der Waals surface area contributed by atoms with Gasteiger partial charge in [-0.05, 0) is 13.8 Å². The van der Waals surface area contributed by atoms with Crippen molar-refractivity contribution in [1.82, 2.24) is 9.97 Å². The number of aromatic nitrogens is 2. The summed E-state index contributed by atoms with van der Waals surface area (Å²) in [5.41, 5.74) is 0.987. The van der Waals surface area contributed by atoms with Crippen molar-refractivity contribution < 1.29 is 9.47 Å². The van der Waals surface area contributed by atoms with Gasteiger partial charge in [0.05, 0.1) is 13.2 Å². The summed E-state index contributed by atoms with van der Waals surface area (Å²) in [6.07, 6.45) is 0.799. The molecule has 0 spiro atoms. The maximum absolute atomic E-state index is 5.57. The van der Waals surface area contributed by atoms with Gasteiger partial charge in [0.15, 0.2) is 5.79 Å². The van der Waals surface area contributed by atoms with Crippen molar-refractivity contribution in [2.24, 2.45) is 0 Å². The van der Waals surface area contributed by atoms with Crippen molar-refractivity contribution in [3.05, 3.63) is 17.6 Å². The summed E-state index contributed by atoms with van der Waals surface area (Å²) < 4.78 is 11.1. The minimum absolute atomic E-state index is 0.333. The molecule has 0 radical (unpaired) electrons.